The first kappa shape index (κ1) is 8.97. The molecule has 0 amide bonds. The van der Waals surface area contributed by atoms with Gasteiger partial charge < -0.3 is 14.6 Å². The van der Waals surface area contributed by atoms with Crippen molar-refractivity contribution < 1.29 is 19.4 Å². The first-order valence-corrected chi connectivity index (χ1v) is 4.64. The van der Waals surface area contributed by atoms with E-state index >= 15 is 0 Å². The molecular formula is C9H14O4. The summed E-state index contributed by atoms with van der Waals surface area (Å²) in [4.78, 5) is 10.8. The van der Waals surface area contributed by atoms with Crippen LogP contribution in [-0.4, -0.2) is 30.1 Å². The Kier molecular flexibility index (Phi) is 2.04. The third-order valence-electron chi connectivity index (χ3n) is 2.98. The molecule has 2 rings (SSSR count). The summed E-state index contributed by atoms with van der Waals surface area (Å²) < 4.78 is 10.9. The minimum Gasteiger partial charge on any atom is -0.481 e. The highest BCUT2D eigenvalue weighted by atomic mass is 16.7. The summed E-state index contributed by atoms with van der Waals surface area (Å²) in [6, 6.07) is 0. The molecule has 2 atom stereocenters. The minimum atomic E-state index is -0.733. The van der Waals surface area contributed by atoms with Crippen LogP contribution in [0.2, 0.25) is 0 Å². The summed E-state index contributed by atoms with van der Waals surface area (Å²) >= 11 is 0. The van der Waals surface area contributed by atoms with Crippen molar-refractivity contribution in [1.82, 2.24) is 0 Å². The second kappa shape index (κ2) is 2.96. The number of carboxylic acid groups (broad SMARTS) is 1. The Bertz CT molecular complexity index is 220. The third kappa shape index (κ3) is 1.44. The van der Waals surface area contributed by atoms with E-state index in [0.717, 1.165) is 0 Å². The van der Waals surface area contributed by atoms with Gasteiger partial charge in [0.05, 0.1) is 19.1 Å². The van der Waals surface area contributed by atoms with Crippen molar-refractivity contribution in [2.24, 2.45) is 11.8 Å². The maximum atomic E-state index is 10.8. The monoisotopic (exact) mass is 186 g/mol. The second-order valence-corrected chi connectivity index (χ2v) is 3.94. The Morgan fingerprint density at radius 3 is 2.46 bits per heavy atom. The van der Waals surface area contributed by atoms with Crippen molar-refractivity contribution in [1.29, 1.82) is 0 Å². The van der Waals surface area contributed by atoms with E-state index in [4.69, 9.17) is 14.6 Å². The topological polar surface area (TPSA) is 55.8 Å². The summed E-state index contributed by atoms with van der Waals surface area (Å²) in [5.41, 5.74) is 0. The van der Waals surface area contributed by atoms with Gasteiger partial charge in [0, 0.05) is 12.8 Å². The average molecular weight is 186 g/mol. The SMILES string of the molecule is CC1CC2(CC1C(=O)O)OCCO2. The molecule has 2 fully saturated rings. The molecule has 1 N–H and O–H groups in total. The van der Waals surface area contributed by atoms with Gasteiger partial charge in [-0.25, -0.2) is 0 Å². The fraction of sp³-hybridized carbons (Fsp3) is 0.889. The smallest absolute Gasteiger partial charge is 0.306 e. The van der Waals surface area contributed by atoms with Crippen molar-refractivity contribution in [3.8, 4) is 0 Å². The number of rotatable bonds is 1. The maximum absolute atomic E-state index is 10.8. The first-order valence-electron chi connectivity index (χ1n) is 4.64. The molecule has 13 heavy (non-hydrogen) atoms. The highest BCUT2D eigenvalue weighted by molar-refractivity contribution is 5.71. The standard InChI is InChI=1S/C9H14O4/c1-6-4-9(12-2-3-13-9)5-7(6)8(10)11/h6-7H,2-5H2,1H3,(H,10,11). The molecule has 2 aliphatic rings. The quantitative estimate of drug-likeness (QED) is 0.660. The zero-order valence-corrected chi connectivity index (χ0v) is 7.66. The number of carbonyl (C=O) groups is 1. The Hall–Kier alpha value is -0.610. The molecule has 4 nitrogen and oxygen atoms in total. The Morgan fingerprint density at radius 1 is 1.38 bits per heavy atom. The summed E-state index contributed by atoms with van der Waals surface area (Å²) in [7, 11) is 0. The van der Waals surface area contributed by atoms with Gasteiger partial charge in [0.1, 0.15) is 0 Å². The molecule has 0 aromatic rings. The fourth-order valence-electron chi connectivity index (χ4n) is 2.32. The predicted octanol–water partition coefficient (Wildman–Crippen LogP) is 0.860. The summed E-state index contributed by atoms with van der Waals surface area (Å²) in [5.74, 6) is -1.46. The van der Waals surface area contributed by atoms with Crippen molar-refractivity contribution in [3.63, 3.8) is 0 Å². The maximum Gasteiger partial charge on any atom is 0.306 e. The lowest BCUT2D eigenvalue weighted by Crippen LogP contribution is -2.27. The van der Waals surface area contributed by atoms with Gasteiger partial charge in [0.15, 0.2) is 5.79 Å². The fourth-order valence-corrected chi connectivity index (χ4v) is 2.32. The molecular weight excluding hydrogens is 172 g/mol. The molecule has 1 aliphatic carbocycles. The normalized spacial score (nSPS) is 37.0. The summed E-state index contributed by atoms with van der Waals surface area (Å²) in [6.45, 7) is 3.14. The summed E-state index contributed by atoms with van der Waals surface area (Å²) in [5, 5.41) is 8.92. The van der Waals surface area contributed by atoms with Gasteiger partial charge in [0.2, 0.25) is 0 Å². The Balaban J connectivity index is 2.09. The minimum absolute atomic E-state index is 0.149. The van der Waals surface area contributed by atoms with E-state index in [1.54, 1.807) is 0 Å². The third-order valence-corrected chi connectivity index (χ3v) is 2.98. The molecule has 1 saturated carbocycles. The molecule has 1 saturated heterocycles. The van der Waals surface area contributed by atoms with Crippen LogP contribution >= 0.6 is 0 Å². The van der Waals surface area contributed by atoms with Crippen LogP contribution in [0.4, 0.5) is 0 Å². The number of hydrogen-bond acceptors (Lipinski definition) is 3. The van der Waals surface area contributed by atoms with Gasteiger partial charge in [-0.05, 0) is 5.92 Å². The molecule has 1 aliphatic heterocycles. The lowest BCUT2D eigenvalue weighted by Gasteiger charge is -2.20. The van der Waals surface area contributed by atoms with E-state index in [-0.39, 0.29) is 11.8 Å². The van der Waals surface area contributed by atoms with E-state index in [2.05, 4.69) is 0 Å². The number of hydrogen-bond donors (Lipinski definition) is 1. The van der Waals surface area contributed by atoms with Crippen molar-refractivity contribution in [2.75, 3.05) is 13.2 Å². The van der Waals surface area contributed by atoms with Crippen molar-refractivity contribution >= 4 is 5.97 Å². The van der Waals surface area contributed by atoms with Crippen molar-refractivity contribution in [2.45, 2.75) is 25.6 Å². The summed E-state index contributed by atoms with van der Waals surface area (Å²) in [6.07, 6.45) is 1.22. The zero-order chi connectivity index (χ0) is 9.47. The van der Waals surface area contributed by atoms with Crippen LogP contribution in [0.1, 0.15) is 19.8 Å². The van der Waals surface area contributed by atoms with Gasteiger partial charge in [-0.1, -0.05) is 6.92 Å². The molecule has 0 aromatic heterocycles. The van der Waals surface area contributed by atoms with Crippen LogP contribution in [0.15, 0.2) is 0 Å². The van der Waals surface area contributed by atoms with E-state index in [9.17, 15) is 4.79 Å². The molecule has 74 valence electrons. The lowest BCUT2D eigenvalue weighted by molar-refractivity contribution is -0.159. The van der Waals surface area contributed by atoms with Crippen LogP contribution in [0.25, 0.3) is 0 Å². The predicted molar refractivity (Wildman–Crippen MR) is 44.2 cm³/mol. The van der Waals surface area contributed by atoms with Gasteiger partial charge in [-0.15, -0.1) is 0 Å². The zero-order valence-electron chi connectivity index (χ0n) is 7.66. The number of aliphatic carboxylic acids is 1. The molecule has 0 bridgehead atoms. The van der Waals surface area contributed by atoms with E-state index in [1.807, 2.05) is 6.92 Å². The average Bonchev–Trinajstić information content (AvgIpc) is 2.60. The van der Waals surface area contributed by atoms with Crippen molar-refractivity contribution in [3.05, 3.63) is 0 Å². The van der Waals surface area contributed by atoms with E-state index in [0.29, 0.717) is 26.1 Å². The van der Waals surface area contributed by atoms with Gasteiger partial charge >= 0.3 is 5.97 Å². The number of ether oxygens (including phenoxy) is 2. The largest absolute Gasteiger partial charge is 0.481 e. The van der Waals surface area contributed by atoms with E-state index in [1.165, 1.54) is 0 Å². The molecule has 4 heteroatoms. The van der Waals surface area contributed by atoms with Crippen LogP contribution in [0.3, 0.4) is 0 Å². The first-order chi connectivity index (χ1) is 6.13. The highest BCUT2D eigenvalue weighted by Crippen LogP contribution is 2.44. The van der Waals surface area contributed by atoms with Crippen LogP contribution in [0.5, 0.6) is 0 Å². The molecule has 0 aromatic carbocycles. The van der Waals surface area contributed by atoms with Crippen LogP contribution in [0, 0.1) is 11.8 Å². The van der Waals surface area contributed by atoms with E-state index < -0.39 is 11.8 Å². The molecule has 1 heterocycles. The van der Waals surface area contributed by atoms with Gasteiger partial charge in [-0.3, -0.25) is 4.79 Å². The Morgan fingerprint density at radius 2 is 2.00 bits per heavy atom. The highest BCUT2D eigenvalue weighted by Gasteiger charge is 2.50. The lowest BCUT2D eigenvalue weighted by atomic mass is 9.99. The van der Waals surface area contributed by atoms with Gasteiger partial charge in [0.25, 0.3) is 0 Å². The second-order valence-electron chi connectivity index (χ2n) is 3.94. The van der Waals surface area contributed by atoms with Crippen LogP contribution in [-0.2, 0) is 14.3 Å². The molecule has 1 spiro atoms. The van der Waals surface area contributed by atoms with Crippen LogP contribution < -0.4 is 0 Å². The Labute approximate surface area is 76.8 Å². The molecule has 2 unspecified atom stereocenters. The number of carboxylic acids is 1. The molecule has 0 radical (unpaired) electrons. The van der Waals surface area contributed by atoms with Gasteiger partial charge in [-0.2, -0.15) is 0 Å².